The topological polar surface area (TPSA) is 68.5 Å². The highest BCUT2D eigenvalue weighted by molar-refractivity contribution is 7.09. The smallest absolute Gasteiger partial charge is 0.163 e. The number of hydrogen-bond acceptors (Lipinski definition) is 6. The number of aryl methyl sites for hydroxylation is 2. The van der Waals surface area contributed by atoms with Gasteiger partial charge in [0, 0.05) is 24.5 Å². The van der Waals surface area contributed by atoms with Gasteiger partial charge in [-0.15, -0.1) is 11.3 Å². The number of rotatable bonds is 5. The predicted octanol–water partition coefficient (Wildman–Crippen LogP) is 3.45. The van der Waals surface area contributed by atoms with Gasteiger partial charge in [-0.05, 0) is 18.9 Å². The van der Waals surface area contributed by atoms with Crippen molar-refractivity contribution in [1.29, 1.82) is 0 Å². The molecule has 4 rings (SSSR count). The standard InChI is InChI=1S/C18H18N6S/c1-12-23-16(10-25-12)14-5-3-13(4-6-14)7-8-19-17-15-9-22-24(2)18(15)21-11-20-17/h3-6,9-11H,7-8H2,1-2H3,(H,19,20,21). The lowest BCUT2D eigenvalue weighted by Crippen LogP contribution is -2.07. The normalized spacial score (nSPS) is 11.1. The first-order chi connectivity index (χ1) is 12.2. The first-order valence-corrected chi connectivity index (χ1v) is 8.97. The van der Waals surface area contributed by atoms with Gasteiger partial charge in [-0.1, -0.05) is 24.3 Å². The van der Waals surface area contributed by atoms with E-state index >= 15 is 0 Å². The maximum atomic E-state index is 4.53. The molecule has 0 amide bonds. The summed E-state index contributed by atoms with van der Waals surface area (Å²) in [5.41, 5.74) is 4.32. The number of thiazole rings is 1. The van der Waals surface area contributed by atoms with E-state index in [4.69, 9.17) is 0 Å². The first kappa shape index (κ1) is 15.7. The van der Waals surface area contributed by atoms with Crippen LogP contribution >= 0.6 is 11.3 Å². The molecule has 3 heterocycles. The zero-order valence-corrected chi connectivity index (χ0v) is 14.9. The molecule has 0 saturated heterocycles. The molecule has 0 aliphatic rings. The van der Waals surface area contributed by atoms with Crippen molar-refractivity contribution in [2.75, 3.05) is 11.9 Å². The molecule has 0 bridgehead atoms. The highest BCUT2D eigenvalue weighted by Gasteiger charge is 2.07. The molecule has 1 N–H and O–H groups in total. The lowest BCUT2D eigenvalue weighted by molar-refractivity contribution is 0.785. The number of aromatic nitrogens is 5. The van der Waals surface area contributed by atoms with Crippen molar-refractivity contribution in [3.63, 3.8) is 0 Å². The van der Waals surface area contributed by atoms with E-state index in [0.29, 0.717) is 0 Å². The molecule has 6 nitrogen and oxygen atoms in total. The molecule has 0 aliphatic carbocycles. The lowest BCUT2D eigenvalue weighted by atomic mass is 10.1. The molecule has 0 unspecified atom stereocenters. The third kappa shape index (κ3) is 3.23. The fourth-order valence-electron chi connectivity index (χ4n) is 2.77. The maximum Gasteiger partial charge on any atom is 0.163 e. The summed E-state index contributed by atoms with van der Waals surface area (Å²) in [5, 5.41) is 11.7. The van der Waals surface area contributed by atoms with Gasteiger partial charge in [0.05, 0.1) is 22.3 Å². The van der Waals surface area contributed by atoms with Crippen LogP contribution in [0.1, 0.15) is 10.6 Å². The Balaban J connectivity index is 1.41. The third-order valence-electron chi connectivity index (χ3n) is 4.10. The number of nitrogens with one attached hydrogen (secondary N) is 1. The van der Waals surface area contributed by atoms with Crippen LogP contribution in [0.5, 0.6) is 0 Å². The van der Waals surface area contributed by atoms with Crippen molar-refractivity contribution in [1.82, 2.24) is 24.7 Å². The van der Waals surface area contributed by atoms with Crippen molar-refractivity contribution < 1.29 is 0 Å². The van der Waals surface area contributed by atoms with E-state index in [0.717, 1.165) is 46.1 Å². The molecule has 4 aromatic rings. The summed E-state index contributed by atoms with van der Waals surface area (Å²) in [6.07, 6.45) is 4.28. The molecule has 0 spiro atoms. The average molecular weight is 350 g/mol. The number of nitrogens with zero attached hydrogens (tertiary/aromatic N) is 5. The molecule has 0 radical (unpaired) electrons. The van der Waals surface area contributed by atoms with E-state index in [1.165, 1.54) is 5.56 Å². The second-order valence-corrected chi connectivity index (χ2v) is 6.92. The van der Waals surface area contributed by atoms with Crippen LogP contribution in [0.2, 0.25) is 0 Å². The van der Waals surface area contributed by atoms with Crippen LogP contribution in [0.25, 0.3) is 22.3 Å². The SMILES string of the molecule is Cc1nc(-c2ccc(CCNc3ncnc4c3cnn4C)cc2)cs1. The van der Waals surface area contributed by atoms with Crippen LogP contribution in [0.15, 0.2) is 42.2 Å². The fraction of sp³-hybridized carbons (Fsp3) is 0.222. The molecule has 25 heavy (non-hydrogen) atoms. The number of hydrogen-bond donors (Lipinski definition) is 1. The second kappa shape index (κ2) is 6.60. The zero-order valence-electron chi connectivity index (χ0n) is 14.1. The summed E-state index contributed by atoms with van der Waals surface area (Å²) in [4.78, 5) is 13.1. The van der Waals surface area contributed by atoms with Gasteiger partial charge in [-0.25, -0.2) is 15.0 Å². The molecule has 7 heteroatoms. The van der Waals surface area contributed by atoms with Gasteiger partial charge in [0.1, 0.15) is 12.1 Å². The van der Waals surface area contributed by atoms with Crippen molar-refractivity contribution in [2.24, 2.45) is 7.05 Å². The van der Waals surface area contributed by atoms with Crippen LogP contribution < -0.4 is 5.32 Å². The Kier molecular flexibility index (Phi) is 4.15. The van der Waals surface area contributed by atoms with E-state index in [1.54, 1.807) is 28.5 Å². The van der Waals surface area contributed by atoms with Crippen LogP contribution in [-0.2, 0) is 13.5 Å². The van der Waals surface area contributed by atoms with Gasteiger partial charge in [0.2, 0.25) is 0 Å². The first-order valence-electron chi connectivity index (χ1n) is 8.09. The summed E-state index contributed by atoms with van der Waals surface area (Å²) in [7, 11) is 1.88. The molecule has 0 aliphatic heterocycles. The molecule has 126 valence electrons. The minimum atomic E-state index is 0.802. The van der Waals surface area contributed by atoms with Crippen molar-refractivity contribution in [2.45, 2.75) is 13.3 Å². The van der Waals surface area contributed by atoms with E-state index < -0.39 is 0 Å². The Morgan fingerprint density at radius 1 is 1.16 bits per heavy atom. The Hall–Kier alpha value is -2.80. The van der Waals surface area contributed by atoms with Gasteiger partial charge in [0.15, 0.2) is 5.65 Å². The lowest BCUT2D eigenvalue weighted by Gasteiger charge is -2.07. The molecule has 1 aromatic carbocycles. The number of benzene rings is 1. The average Bonchev–Trinajstić information content (AvgIpc) is 3.23. The van der Waals surface area contributed by atoms with Gasteiger partial charge in [-0.2, -0.15) is 5.10 Å². The monoisotopic (exact) mass is 350 g/mol. The predicted molar refractivity (Wildman–Crippen MR) is 101 cm³/mol. The van der Waals surface area contributed by atoms with E-state index in [1.807, 2.05) is 14.0 Å². The van der Waals surface area contributed by atoms with Crippen molar-refractivity contribution in [3.8, 4) is 11.3 Å². The molecule has 0 atom stereocenters. The van der Waals surface area contributed by atoms with Crippen LogP contribution in [-0.4, -0.2) is 31.3 Å². The quantitative estimate of drug-likeness (QED) is 0.597. The molecule has 0 fully saturated rings. The maximum absolute atomic E-state index is 4.53. The summed E-state index contributed by atoms with van der Waals surface area (Å²) in [6, 6.07) is 8.58. The van der Waals surface area contributed by atoms with Crippen molar-refractivity contribution >= 4 is 28.2 Å². The highest BCUT2D eigenvalue weighted by Crippen LogP contribution is 2.22. The minimum absolute atomic E-state index is 0.802. The second-order valence-electron chi connectivity index (χ2n) is 5.85. The Morgan fingerprint density at radius 3 is 2.76 bits per heavy atom. The summed E-state index contributed by atoms with van der Waals surface area (Å²) >= 11 is 1.68. The summed E-state index contributed by atoms with van der Waals surface area (Å²) < 4.78 is 1.75. The Morgan fingerprint density at radius 2 is 2.00 bits per heavy atom. The zero-order chi connectivity index (χ0) is 17.2. The van der Waals surface area contributed by atoms with E-state index in [9.17, 15) is 0 Å². The van der Waals surface area contributed by atoms with Gasteiger partial charge in [0.25, 0.3) is 0 Å². The number of anilines is 1. The van der Waals surface area contributed by atoms with Gasteiger partial charge in [-0.3, -0.25) is 4.68 Å². The Bertz CT molecular complexity index is 1000. The molecule has 3 aromatic heterocycles. The van der Waals surface area contributed by atoms with E-state index in [-0.39, 0.29) is 0 Å². The van der Waals surface area contributed by atoms with Gasteiger partial charge < -0.3 is 5.32 Å². The fourth-order valence-corrected chi connectivity index (χ4v) is 3.39. The molecule has 0 saturated carbocycles. The summed E-state index contributed by atoms with van der Waals surface area (Å²) in [5.74, 6) is 0.827. The number of fused-ring (bicyclic) bond motifs is 1. The van der Waals surface area contributed by atoms with Crippen LogP contribution in [0, 0.1) is 6.92 Å². The van der Waals surface area contributed by atoms with E-state index in [2.05, 4.69) is 55.0 Å². The third-order valence-corrected chi connectivity index (χ3v) is 4.88. The molecular formula is C18H18N6S. The van der Waals surface area contributed by atoms with Crippen molar-refractivity contribution in [3.05, 3.63) is 52.7 Å². The highest BCUT2D eigenvalue weighted by atomic mass is 32.1. The minimum Gasteiger partial charge on any atom is -0.369 e. The Labute approximate surface area is 149 Å². The van der Waals surface area contributed by atoms with Gasteiger partial charge >= 0.3 is 0 Å². The largest absolute Gasteiger partial charge is 0.369 e. The molecular weight excluding hydrogens is 332 g/mol. The van der Waals surface area contributed by atoms with Crippen LogP contribution in [0.4, 0.5) is 5.82 Å². The summed E-state index contributed by atoms with van der Waals surface area (Å²) in [6.45, 7) is 2.83. The van der Waals surface area contributed by atoms with Crippen LogP contribution in [0.3, 0.4) is 0 Å².